The molecule has 1 amide bonds. The molecule has 2 N–H and O–H groups in total. The van der Waals surface area contributed by atoms with Gasteiger partial charge in [0.15, 0.2) is 0 Å². The Kier molecular flexibility index (Phi) is 2.75. The molecule has 1 aromatic heterocycles. The minimum atomic E-state index is -0.0500. The first-order valence-electron chi connectivity index (χ1n) is 4.59. The van der Waals surface area contributed by atoms with Gasteiger partial charge in [0, 0.05) is 17.8 Å². The van der Waals surface area contributed by atoms with Crippen molar-refractivity contribution in [2.45, 2.75) is 11.2 Å². The average Bonchev–Trinajstić information content (AvgIpc) is 2.58. The van der Waals surface area contributed by atoms with Gasteiger partial charge in [-0.3, -0.25) is 9.69 Å². The van der Waals surface area contributed by atoms with E-state index in [1.807, 2.05) is 6.07 Å². The summed E-state index contributed by atoms with van der Waals surface area (Å²) >= 11 is 3.36. The average molecular weight is 282 g/mol. The Morgan fingerprint density at radius 2 is 2.44 bits per heavy atom. The van der Waals surface area contributed by atoms with E-state index in [4.69, 9.17) is 11.0 Å². The van der Waals surface area contributed by atoms with Crippen LogP contribution in [-0.4, -0.2) is 27.2 Å². The number of amides is 1. The Morgan fingerprint density at radius 3 is 2.94 bits per heavy atom. The number of carbonyl (C=O) groups excluding carboxylic acids is 1. The van der Waals surface area contributed by atoms with E-state index in [0.29, 0.717) is 13.0 Å². The summed E-state index contributed by atoms with van der Waals surface area (Å²) in [5, 5.41) is 8.67. The Bertz CT molecular complexity index is 483. The zero-order valence-electron chi connectivity index (χ0n) is 8.22. The number of carbonyl (C=O) groups is 1. The van der Waals surface area contributed by atoms with E-state index < -0.39 is 0 Å². The smallest absolute Gasteiger partial charge is 0.234 e. The largest absolute Gasteiger partial charge is 0.382 e. The van der Waals surface area contributed by atoms with Crippen LogP contribution in [0.1, 0.15) is 12.0 Å². The predicted octanol–water partition coefficient (Wildman–Crippen LogP) is 0.431. The third-order valence-electron chi connectivity index (χ3n) is 2.25. The van der Waals surface area contributed by atoms with Gasteiger partial charge in [-0.25, -0.2) is 4.98 Å². The van der Waals surface area contributed by atoms with Crippen LogP contribution in [0.4, 0.5) is 11.8 Å². The summed E-state index contributed by atoms with van der Waals surface area (Å²) in [7, 11) is 0. The van der Waals surface area contributed by atoms with Gasteiger partial charge in [0.05, 0.1) is 6.20 Å². The predicted molar refractivity (Wildman–Crippen MR) is 60.8 cm³/mol. The second kappa shape index (κ2) is 4.06. The van der Waals surface area contributed by atoms with E-state index in [1.165, 1.54) is 11.1 Å². The van der Waals surface area contributed by atoms with E-state index in [2.05, 4.69) is 25.9 Å². The first kappa shape index (κ1) is 10.8. The maximum absolute atomic E-state index is 11.6. The maximum atomic E-state index is 11.6. The molecule has 7 heteroatoms. The molecule has 2 rings (SSSR count). The van der Waals surface area contributed by atoms with Crippen molar-refractivity contribution in [3.63, 3.8) is 0 Å². The molecule has 1 aliphatic heterocycles. The van der Waals surface area contributed by atoms with Gasteiger partial charge in [-0.05, 0) is 0 Å². The lowest BCUT2D eigenvalue weighted by molar-refractivity contribution is -0.117. The molecule has 1 saturated heterocycles. The van der Waals surface area contributed by atoms with Gasteiger partial charge in [0.25, 0.3) is 0 Å². The summed E-state index contributed by atoms with van der Waals surface area (Å²) in [5.74, 6) is 0.299. The number of aromatic nitrogens is 2. The van der Waals surface area contributed by atoms with E-state index in [-0.39, 0.29) is 28.1 Å². The molecule has 16 heavy (non-hydrogen) atoms. The van der Waals surface area contributed by atoms with Crippen LogP contribution in [0.25, 0.3) is 0 Å². The van der Waals surface area contributed by atoms with E-state index >= 15 is 0 Å². The number of nitrogens with two attached hydrogens (primary N) is 1. The Labute approximate surface area is 100 Å². The molecule has 0 aromatic carbocycles. The molecule has 1 atom stereocenters. The number of hydrogen-bond acceptors (Lipinski definition) is 5. The highest BCUT2D eigenvalue weighted by Gasteiger charge is 2.30. The zero-order chi connectivity index (χ0) is 11.7. The highest BCUT2D eigenvalue weighted by atomic mass is 79.9. The van der Waals surface area contributed by atoms with Crippen LogP contribution >= 0.6 is 15.9 Å². The lowest BCUT2D eigenvalue weighted by atomic mass is 10.3. The number of rotatable bonds is 1. The molecule has 1 fully saturated rings. The van der Waals surface area contributed by atoms with Crippen molar-refractivity contribution in [2.75, 3.05) is 17.2 Å². The number of alkyl halides is 1. The highest BCUT2D eigenvalue weighted by Crippen LogP contribution is 2.23. The summed E-state index contributed by atoms with van der Waals surface area (Å²) in [6.45, 7) is 0.518. The number of halogens is 1. The molecule has 0 aliphatic carbocycles. The summed E-state index contributed by atoms with van der Waals surface area (Å²) in [6, 6.07) is 1.87. The van der Waals surface area contributed by atoms with E-state index in [0.717, 1.165) is 0 Å². The number of anilines is 2. The van der Waals surface area contributed by atoms with Crippen LogP contribution in [0.2, 0.25) is 0 Å². The summed E-state index contributed by atoms with van der Waals surface area (Å²) in [6.07, 6.45) is 1.75. The molecule has 0 saturated carbocycles. The Balaban J connectivity index is 2.32. The Morgan fingerprint density at radius 1 is 1.69 bits per heavy atom. The fourth-order valence-electron chi connectivity index (χ4n) is 1.46. The lowest BCUT2D eigenvalue weighted by Crippen LogP contribution is -2.27. The van der Waals surface area contributed by atoms with Crippen LogP contribution in [0, 0.1) is 11.3 Å². The molecule has 1 unspecified atom stereocenters. The van der Waals surface area contributed by atoms with Gasteiger partial charge in [0.2, 0.25) is 11.9 Å². The van der Waals surface area contributed by atoms with Gasteiger partial charge in [-0.15, -0.1) is 0 Å². The number of nitriles is 1. The molecule has 0 radical (unpaired) electrons. The van der Waals surface area contributed by atoms with Gasteiger partial charge in [-0.1, -0.05) is 15.9 Å². The molecule has 82 valence electrons. The summed E-state index contributed by atoms with van der Waals surface area (Å²) in [4.78, 5) is 21.0. The van der Waals surface area contributed by atoms with Crippen LogP contribution in [0.5, 0.6) is 0 Å². The third kappa shape index (κ3) is 1.84. The van der Waals surface area contributed by atoms with Gasteiger partial charge >= 0.3 is 0 Å². The van der Waals surface area contributed by atoms with Crippen molar-refractivity contribution in [1.29, 1.82) is 5.26 Å². The van der Waals surface area contributed by atoms with E-state index in [1.54, 1.807) is 0 Å². The fourth-order valence-corrected chi connectivity index (χ4v) is 2.03. The Hall–Kier alpha value is -1.68. The molecule has 1 aromatic rings. The second-order valence-electron chi connectivity index (χ2n) is 3.39. The monoisotopic (exact) mass is 281 g/mol. The minimum absolute atomic E-state index is 0.0500. The lowest BCUT2D eigenvalue weighted by Gasteiger charge is -2.13. The third-order valence-corrected chi connectivity index (χ3v) is 2.86. The summed E-state index contributed by atoms with van der Waals surface area (Å²) in [5.41, 5.74) is 5.77. The van der Waals surface area contributed by atoms with Crippen molar-refractivity contribution in [2.24, 2.45) is 0 Å². The maximum Gasteiger partial charge on any atom is 0.234 e. The SMILES string of the molecule is N#Cc1cnc(N2CC(Br)CC2=O)nc1N. The molecule has 2 heterocycles. The minimum Gasteiger partial charge on any atom is -0.382 e. The summed E-state index contributed by atoms with van der Waals surface area (Å²) < 4.78 is 0. The molecule has 0 bridgehead atoms. The molecule has 6 nitrogen and oxygen atoms in total. The molecule has 1 aliphatic rings. The van der Waals surface area contributed by atoms with Crippen LogP contribution < -0.4 is 10.6 Å². The second-order valence-corrected chi connectivity index (χ2v) is 4.68. The molecular weight excluding hydrogens is 274 g/mol. The standard InChI is InChI=1S/C9H8BrN5O/c10-6-1-7(16)15(4-6)9-13-3-5(2-11)8(12)14-9/h3,6H,1,4H2,(H2,12,13,14). The van der Waals surface area contributed by atoms with Gasteiger partial charge in [0.1, 0.15) is 17.5 Å². The normalized spacial score (nSPS) is 19.9. The molecule has 0 spiro atoms. The first-order valence-corrected chi connectivity index (χ1v) is 5.50. The number of hydrogen-bond donors (Lipinski definition) is 1. The van der Waals surface area contributed by atoms with Crippen LogP contribution in [-0.2, 0) is 4.79 Å². The first-order chi connectivity index (χ1) is 7.61. The van der Waals surface area contributed by atoms with Crippen molar-refractivity contribution in [1.82, 2.24) is 9.97 Å². The van der Waals surface area contributed by atoms with Crippen LogP contribution in [0.15, 0.2) is 6.20 Å². The molecular formula is C9H8BrN5O. The zero-order valence-corrected chi connectivity index (χ0v) is 9.81. The van der Waals surface area contributed by atoms with E-state index in [9.17, 15) is 4.79 Å². The van der Waals surface area contributed by atoms with Crippen molar-refractivity contribution < 1.29 is 4.79 Å². The fraction of sp³-hybridized carbons (Fsp3) is 0.333. The topological polar surface area (TPSA) is 95.9 Å². The number of nitrogen functional groups attached to an aromatic ring is 1. The van der Waals surface area contributed by atoms with Crippen molar-refractivity contribution in [3.8, 4) is 6.07 Å². The highest BCUT2D eigenvalue weighted by molar-refractivity contribution is 9.09. The van der Waals surface area contributed by atoms with Gasteiger partial charge < -0.3 is 5.73 Å². The quantitative estimate of drug-likeness (QED) is 0.753. The van der Waals surface area contributed by atoms with Crippen LogP contribution in [0.3, 0.4) is 0 Å². The van der Waals surface area contributed by atoms with Gasteiger partial charge in [-0.2, -0.15) is 10.2 Å². The van der Waals surface area contributed by atoms with Crippen molar-refractivity contribution in [3.05, 3.63) is 11.8 Å². The number of nitrogens with zero attached hydrogens (tertiary/aromatic N) is 4. The van der Waals surface area contributed by atoms with Crippen molar-refractivity contribution >= 4 is 33.6 Å².